The molecule has 1 aliphatic carbocycles. The van der Waals surface area contributed by atoms with Gasteiger partial charge in [0.1, 0.15) is 0 Å². The maximum atomic E-state index is 13.3. The van der Waals surface area contributed by atoms with Crippen LogP contribution in [0.15, 0.2) is 12.1 Å². The van der Waals surface area contributed by atoms with E-state index in [1.165, 1.54) is 0 Å². The van der Waals surface area contributed by atoms with E-state index in [-0.39, 0.29) is 12.5 Å². The number of halogens is 3. The van der Waals surface area contributed by atoms with E-state index in [2.05, 4.69) is 0 Å². The Bertz CT molecular complexity index is 457. The molecular formula is C12H12F3NO. The molecule has 2 N–H and O–H groups in total. The lowest BCUT2D eigenvalue weighted by Crippen LogP contribution is -2.26. The first-order valence-corrected chi connectivity index (χ1v) is 5.43. The van der Waals surface area contributed by atoms with Crippen LogP contribution in [0.1, 0.15) is 29.6 Å². The van der Waals surface area contributed by atoms with Gasteiger partial charge in [0.05, 0.1) is 5.56 Å². The van der Waals surface area contributed by atoms with Crippen LogP contribution in [0.2, 0.25) is 0 Å². The van der Waals surface area contributed by atoms with Gasteiger partial charge in [-0.15, -0.1) is 0 Å². The number of nitrogens with two attached hydrogens (primary N) is 1. The molecule has 17 heavy (non-hydrogen) atoms. The van der Waals surface area contributed by atoms with Gasteiger partial charge in [-0.3, -0.25) is 4.79 Å². The molecule has 1 aromatic rings. The first-order chi connectivity index (χ1) is 8.00. The number of carbonyl (C=O) groups excluding carboxylic acids is 1. The lowest BCUT2D eigenvalue weighted by molar-refractivity contribution is 0.0966. The number of hydrogen-bond acceptors (Lipinski definition) is 2. The van der Waals surface area contributed by atoms with E-state index >= 15 is 0 Å². The van der Waals surface area contributed by atoms with Gasteiger partial charge in [0.2, 0.25) is 0 Å². The fourth-order valence-corrected chi connectivity index (χ4v) is 1.76. The second kappa shape index (κ2) is 4.49. The minimum absolute atomic E-state index is 0.0351. The van der Waals surface area contributed by atoms with Crippen molar-refractivity contribution >= 4 is 5.78 Å². The summed E-state index contributed by atoms with van der Waals surface area (Å²) in [6, 6.07) is 1.37. The molecule has 2 rings (SSSR count). The van der Waals surface area contributed by atoms with Crippen molar-refractivity contribution in [2.75, 3.05) is 0 Å². The molecule has 1 atom stereocenters. The summed E-state index contributed by atoms with van der Waals surface area (Å²) in [5.74, 6) is -4.63. The zero-order valence-electron chi connectivity index (χ0n) is 9.05. The van der Waals surface area contributed by atoms with E-state index in [0.717, 1.165) is 25.0 Å². The van der Waals surface area contributed by atoms with Gasteiger partial charge in [0.25, 0.3) is 0 Å². The Morgan fingerprint density at radius 3 is 2.53 bits per heavy atom. The molecule has 92 valence electrons. The minimum atomic E-state index is -1.61. The number of hydrogen-bond donors (Lipinski definition) is 1. The predicted octanol–water partition coefficient (Wildman–Crippen LogP) is 2.41. The Labute approximate surface area is 96.6 Å². The summed E-state index contributed by atoms with van der Waals surface area (Å²) in [5, 5.41) is 0. The summed E-state index contributed by atoms with van der Waals surface area (Å²) in [4.78, 5) is 11.7. The molecule has 0 amide bonds. The predicted molar refractivity (Wildman–Crippen MR) is 56.0 cm³/mol. The molecule has 0 saturated heterocycles. The van der Waals surface area contributed by atoms with Crippen LogP contribution in [0, 0.1) is 23.4 Å². The van der Waals surface area contributed by atoms with Crippen LogP contribution >= 0.6 is 0 Å². The molecule has 1 saturated carbocycles. The molecule has 0 spiro atoms. The van der Waals surface area contributed by atoms with Gasteiger partial charge < -0.3 is 5.73 Å². The van der Waals surface area contributed by atoms with Crippen molar-refractivity contribution in [2.45, 2.75) is 25.3 Å². The van der Waals surface area contributed by atoms with E-state index in [1.807, 2.05) is 0 Å². The third-order valence-electron chi connectivity index (χ3n) is 2.98. The van der Waals surface area contributed by atoms with Crippen molar-refractivity contribution in [3.05, 3.63) is 35.1 Å². The van der Waals surface area contributed by atoms with Gasteiger partial charge in [-0.05, 0) is 30.9 Å². The molecule has 1 unspecified atom stereocenters. The van der Waals surface area contributed by atoms with Crippen LogP contribution < -0.4 is 5.73 Å². The van der Waals surface area contributed by atoms with Gasteiger partial charge in [-0.25, -0.2) is 13.2 Å². The van der Waals surface area contributed by atoms with Crippen molar-refractivity contribution in [3.63, 3.8) is 0 Å². The molecule has 0 heterocycles. The first-order valence-electron chi connectivity index (χ1n) is 5.43. The summed E-state index contributed by atoms with van der Waals surface area (Å²) in [7, 11) is 0. The van der Waals surface area contributed by atoms with Crippen molar-refractivity contribution in [3.8, 4) is 0 Å². The largest absolute Gasteiger partial charge is 0.327 e. The first kappa shape index (κ1) is 12.1. The molecule has 5 heteroatoms. The van der Waals surface area contributed by atoms with E-state index < -0.39 is 28.8 Å². The summed E-state index contributed by atoms with van der Waals surface area (Å²) in [6.45, 7) is 0. The minimum Gasteiger partial charge on any atom is -0.327 e. The van der Waals surface area contributed by atoms with E-state index in [0.29, 0.717) is 5.92 Å². The van der Waals surface area contributed by atoms with Gasteiger partial charge in [-0.2, -0.15) is 0 Å². The smallest absolute Gasteiger partial charge is 0.195 e. The SMILES string of the molecule is NC(CC(=O)c1ccc(F)c(F)c1F)C1CC1. The normalized spacial score (nSPS) is 16.9. The Morgan fingerprint density at radius 2 is 1.94 bits per heavy atom. The fraction of sp³-hybridized carbons (Fsp3) is 0.417. The topological polar surface area (TPSA) is 43.1 Å². The highest BCUT2D eigenvalue weighted by Crippen LogP contribution is 2.33. The molecule has 2 nitrogen and oxygen atoms in total. The summed E-state index contributed by atoms with van der Waals surface area (Å²) >= 11 is 0. The average Bonchev–Trinajstić information content (AvgIpc) is 3.09. The highest BCUT2D eigenvalue weighted by molar-refractivity contribution is 5.96. The molecule has 1 aromatic carbocycles. The van der Waals surface area contributed by atoms with Crippen molar-refractivity contribution < 1.29 is 18.0 Å². The standard InChI is InChI=1S/C12H12F3NO/c13-8-4-3-7(11(14)12(8)15)10(17)5-9(16)6-1-2-6/h3-4,6,9H,1-2,5,16H2. The van der Waals surface area contributed by atoms with Crippen LogP contribution in [0.25, 0.3) is 0 Å². The van der Waals surface area contributed by atoms with Gasteiger partial charge in [0, 0.05) is 12.5 Å². The maximum absolute atomic E-state index is 13.3. The Hall–Kier alpha value is -1.36. The van der Waals surface area contributed by atoms with Crippen LogP contribution in [-0.2, 0) is 0 Å². The van der Waals surface area contributed by atoms with Crippen LogP contribution in [-0.4, -0.2) is 11.8 Å². The third-order valence-corrected chi connectivity index (χ3v) is 2.98. The van der Waals surface area contributed by atoms with Crippen molar-refractivity contribution in [2.24, 2.45) is 11.7 Å². The zero-order valence-corrected chi connectivity index (χ0v) is 9.05. The third kappa shape index (κ3) is 2.49. The zero-order chi connectivity index (χ0) is 12.6. The molecular weight excluding hydrogens is 231 g/mol. The average molecular weight is 243 g/mol. The molecule has 0 bridgehead atoms. The Balaban J connectivity index is 2.16. The van der Waals surface area contributed by atoms with Gasteiger partial charge in [-0.1, -0.05) is 0 Å². The van der Waals surface area contributed by atoms with Crippen molar-refractivity contribution in [1.82, 2.24) is 0 Å². The molecule has 0 aromatic heterocycles. The summed E-state index contributed by atoms with van der Waals surface area (Å²) < 4.78 is 38.9. The lowest BCUT2D eigenvalue weighted by Gasteiger charge is -2.09. The quantitative estimate of drug-likeness (QED) is 0.652. The van der Waals surface area contributed by atoms with Crippen molar-refractivity contribution in [1.29, 1.82) is 0 Å². The second-order valence-electron chi connectivity index (χ2n) is 4.35. The van der Waals surface area contributed by atoms with Crippen LogP contribution in [0.5, 0.6) is 0 Å². The number of ketones is 1. The lowest BCUT2D eigenvalue weighted by atomic mass is 10.0. The summed E-state index contributed by atoms with van der Waals surface area (Å²) in [6.07, 6.45) is 1.90. The van der Waals surface area contributed by atoms with Gasteiger partial charge >= 0.3 is 0 Å². The van der Waals surface area contributed by atoms with Gasteiger partial charge in [0.15, 0.2) is 23.2 Å². The van der Waals surface area contributed by atoms with E-state index in [4.69, 9.17) is 5.73 Å². The number of benzene rings is 1. The van der Waals surface area contributed by atoms with Crippen LogP contribution in [0.4, 0.5) is 13.2 Å². The van der Waals surface area contributed by atoms with E-state index in [9.17, 15) is 18.0 Å². The molecule has 0 aliphatic heterocycles. The highest BCUT2D eigenvalue weighted by Gasteiger charge is 2.31. The number of rotatable bonds is 4. The molecule has 0 radical (unpaired) electrons. The highest BCUT2D eigenvalue weighted by atomic mass is 19.2. The maximum Gasteiger partial charge on any atom is 0.195 e. The summed E-state index contributed by atoms with van der Waals surface area (Å²) in [5.41, 5.74) is 5.29. The fourth-order valence-electron chi connectivity index (χ4n) is 1.76. The molecule has 1 aliphatic rings. The second-order valence-corrected chi connectivity index (χ2v) is 4.35. The van der Waals surface area contributed by atoms with Crippen LogP contribution in [0.3, 0.4) is 0 Å². The number of carbonyl (C=O) groups is 1. The Morgan fingerprint density at radius 1 is 1.29 bits per heavy atom. The molecule has 1 fully saturated rings. The number of Topliss-reactive ketones (excluding diaryl/α,β-unsaturated/α-hetero) is 1. The monoisotopic (exact) mass is 243 g/mol. The van der Waals surface area contributed by atoms with E-state index in [1.54, 1.807) is 0 Å². The Kier molecular flexibility index (Phi) is 3.19.